The molecule has 0 unspecified atom stereocenters. The van der Waals surface area contributed by atoms with Crippen molar-refractivity contribution in [1.82, 2.24) is 15.3 Å². The molecule has 0 saturated heterocycles. The third kappa shape index (κ3) is 2.21. The van der Waals surface area contributed by atoms with Crippen molar-refractivity contribution in [3.05, 3.63) is 42.5 Å². The Labute approximate surface area is 112 Å². The van der Waals surface area contributed by atoms with Crippen molar-refractivity contribution in [2.45, 2.75) is 0 Å². The third-order valence-corrected chi connectivity index (χ3v) is 2.57. The Bertz CT molecular complexity index is 735. The molecular formula is C12H9N5O3. The van der Waals surface area contributed by atoms with Gasteiger partial charge < -0.3 is 15.5 Å². The maximum atomic E-state index is 11.9. The van der Waals surface area contributed by atoms with Crippen LogP contribution in [-0.4, -0.2) is 21.2 Å². The molecule has 2 aromatic heterocycles. The fourth-order valence-corrected chi connectivity index (χ4v) is 1.65. The van der Waals surface area contributed by atoms with Crippen molar-refractivity contribution in [2.75, 3.05) is 11.1 Å². The van der Waals surface area contributed by atoms with E-state index in [1.807, 2.05) is 6.07 Å². The fraction of sp³-hybridized carbons (Fsp3) is 0. The number of carbonyl (C=O) groups is 1. The molecule has 0 fully saturated rings. The number of anilines is 2. The highest BCUT2D eigenvalue weighted by Gasteiger charge is 2.16. The van der Waals surface area contributed by atoms with Crippen LogP contribution >= 0.6 is 0 Å². The maximum Gasteiger partial charge on any atom is 0.281 e. The smallest absolute Gasteiger partial charge is 0.281 e. The summed E-state index contributed by atoms with van der Waals surface area (Å²) in [5.74, 6) is 0.0380. The zero-order valence-electron chi connectivity index (χ0n) is 10.1. The van der Waals surface area contributed by atoms with Crippen LogP contribution in [0.15, 0.2) is 45.9 Å². The van der Waals surface area contributed by atoms with E-state index < -0.39 is 5.91 Å². The predicted molar refractivity (Wildman–Crippen MR) is 68.6 cm³/mol. The lowest BCUT2D eigenvalue weighted by atomic mass is 10.1. The number of aromatic nitrogens is 3. The Morgan fingerprint density at radius 1 is 1.30 bits per heavy atom. The number of nitrogen functional groups attached to an aromatic ring is 1. The van der Waals surface area contributed by atoms with Crippen molar-refractivity contribution in [1.29, 1.82) is 0 Å². The summed E-state index contributed by atoms with van der Waals surface area (Å²) >= 11 is 0. The number of nitrogens with zero attached hydrogens (tertiary/aromatic N) is 3. The molecule has 1 amide bonds. The van der Waals surface area contributed by atoms with Crippen LogP contribution in [0.4, 0.5) is 11.5 Å². The number of benzene rings is 1. The highest BCUT2D eigenvalue weighted by molar-refractivity contribution is 6.05. The summed E-state index contributed by atoms with van der Waals surface area (Å²) in [5, 5.41) is 9.42. The molecule has 0 aliphatic heterocycles. The monoisotopic (exact) mass is 271 g/mol. The summed E-state index contributed by atoms with van der Waals surface area (Å²) in [6, 6.07) is 7.07. The zero-order chi connectivity index (χ0) is 13.9. The summed E-state index contributed by atoms with van der Waals surface area (Å²) in [6.07, 6.45) is 2.92. The van der Waals surface area contributed by atoms with E-state index in [-0.39, 0.29) is 11.5 Å². The predicted octanol–water partition coefficient (Wildman–Crippen LogP) is 1.56. The normalized spacial score (nSPS) is 10.4. The van der Waals surface area contributed by atoms with Gasteiger partial charge in [0, 0.05) is 11.3 Å². The van der Waals surface area contributed by atoms with Crippen LogP contribution in [0, 0.1) is 0 Å². The average molecular weight is 271 g/mol. The minimum Gasteiger partial charge on any atom is -0.444 e. The zero-order valence-corrected chi connectivity index (χ0v) is 10.1. The molecule has 0 spiro atoms. The molecule has 8 heteroatoms. The lowest BCUT2D eigenvalue weighted by molar-refractivity contribution is 0.101. The van der Waals surface area contributed by atoms with Gasteiger partial charge in [-0.2, -0.15) is 0 Å². The number of amides is 1. The van der Waals surface area contributed by atoms with Gasteiger partial charge in [0.25, 0.3) is 5.91 Å². The molecule has 0 atom stereocenters. The van der Waals surface area contributed by atoms with Gasteiger partial charge in [-0.25, -0.2) is 9.61 Å². The molecule has 0 bridgehead atoms. The first kappa shape index (κ1) is 11.9. The first-order chi connectivity index (χ1) is 9.74. The second kappa shape index (κ2) is 4.84. The number of nitrogens with two attached hydrogens (primary N) is 1. The second-order valence-electron chi connectivity index (χ2n) is 3.90. The van der Waals surface area contributed by atoms with E-state index in [0.29, 0.717) is 11.4 Å². The molecule has 0 aliphatic carbocycles. The minimum atomic E-state index is -0.501. The summed E-state index contributed by atoms with van der Waals surface area (Å²) in [4.78, 5) is 15.7. The number of hydrogen-bond acceptors (Lipinski definition) is 7. The first-order valence-electron chi connectivity index (χ1n) is 5.62. The molecule has 1 aromatic carbocycles. The molecule has 2 heterocycles. The van der Waals surface area contributed by atoms with E-state index in [1.54, 1.807) is 24.4 Å². The molecule has 8 nitrogen and oxygen atoms in total. The fourth-order valence-electron chi connectivity index (χ4n) is 1.65. The van der Waals surface area contributed by atoms with Gasteiger partial charge in [0.15, 0.2) is 12.2 Å². The largest absolute Gasteiger partial charge is 0.444 e. The summed E-state index contributed by atoms with van der Waals surface area (Å²) in [7, 11) is 0. The van der Waals surface area contributed by atoms with Crippen LogP contribution in [0.1, 0.15) is 10.5 Å². The van der Waals surface area contributed by atoms with Crippen molar-refractivity contribution < 1.29 is 13.8 Å². The second-order valence-corrected chi connectivity index (χ2v) is 3.90. The topological polar surface area (TPSA) is 120 Å². The van der Waals surface area contributed by atoms with E-state index in [4.69, 9.17) is 10.2 Å². The van der Waals surface area contributed by atoms with Crippen LogP contribution < -0.4 is 11.1 Å². The SMILES string of the molecule is Nc1nonc1C(=O)Nc1cccc(-c2cnco2)c1. The summed E-state index contributed by atoms with van der Waals surface area (Å²) in [6.45, 7) is 0. The quantitative estimate of drug-likeness (QED) is 0.741. The Morgan fingerprint density at radius 2 is 2.20 bits per heavy atom. The summed E-state index contributed by atoms with van der Waals surface area (Å²) < 4.78 is 9.57. The van der Waals surface area contributed by atoms with E-state index in [2.05, 4.69) is 25.2 Å². The van der Waals surface area contributed by atoms with Gasteiger partial charge in [0.05, 0.1) is 6.20 Å². The molecule has 100 valence electrons. The van der Waals surface area contributed by atoms with Gasteiger partial charge in [-0.15, -0.1) is 0 Å². The molecule has 0 radical (unpaired) electrons. The van der Waals surface area contributed by atoms with Crippen LogP contribution in [0.2, 0.25) is 0 Å². The molecule has 0 aliphatic rings. The van der Waals surface area contributed by atoms with Crippen LogP contribution in [0.3, 0.4) is 0 Å². The minimum absolute atomic E-state index is 0.0601. The van der Waals surface area contributed by atoms with Gasteiger partial charge >= 0.3 is 0 Å². The highest BCUT2D eigenvalue weighted by Crippen LogP contribution is 2.22. The molecular weight excluding hydrogens is 262 g/mol. The van der Waals surface area contributed by atoms with Gasteiger partial charge in [-0.05, 0) is 22.4 Å². The van der Waals surface area contributed by atoms with Crippen molar-refractivity contribution in [3.8, 4) is 11.3 Å². The van der Waals surface area contributed by atoms with Crippen molar-refractivity contribution in [2.24, 2.45) is 0 Å². The molecule has 3 N–H and O–H groups in total. The molecule has 3 rings (SSSR count). The van der Waals surface area contributed by atoms with E-state index in [1.165, 1.54) is 6.39 Å². The summed E-state index contributed by atoms with van der Waals surface area (Å²) in [5.41, 5.74) is 6.74. The number of oxazole rings is 1. The van der Waals surface area contributed by atoms with Gasteiger partial charge in [0.1, 0.15) is 0 Å². The number of rotatable bonds is 3. The Balaban J connectivity index is 1.83. The molecule has 0 saturated carbocycles. The Hall–Kier alpha value is -3.16. The van der Waals surface area contributed by atoms with Gasteiger partial charge in [-0.1, -0.05) is 12.1 Å². The van der Waals surface area contributed by atoms with E-state index in [0.717, 1.165) is 5.56 Å². The first-order valence-corrected chi connectivity index (χ1v) is 5.62. The number of hydrogen-bond donors (Lipinski definition) is 2. The van der Waals surface area contributed by atoms with Crippen molar-refractivity contribution in [3.63, 3.8) is 0 Å². The van der Waals surface area contributed by atoms with Crippen LogP contribution in [0.25, 0.3) is 11.3 Å². The standard InChI is InChI=1S/C12H9N5O3/c13-11-10(16-20-17-11)12(18)15-8-3-1-2-7(4-8)9-5-14-6-19-9/h1-6H,(H2,13,17)(H,15,18). The number of carbonyl (C=O) groups excluding carboxylic acids is 1. The van der Waals surface area contributed by atoms with Gasteiger partial charge in [0.2, 0.25) is 11.5 Å². The van der Waals surface area contributed by atoms with Gasteiger partial charge in [-0.3, -0.25) is 4.79 Å². The number of nitrogens with one attached hydrogen (secondary N) is 1. The van der Waals surface area contributed by atoms with Crippen LogP contribution in [0.5, 0.6) is 0 Å². The van der Waals surface area contributed by atoms with E-state index in [9.17, 15) is 4.79 Å². The Kier molecular flexibility index (Phi) is 2.88. The van der Waals surface area contributed by atoms with Crippen molar-refractivity contribution >= 4 is 17.4 Å². The molecule has 20 heavy (non-hydrogen) atoms. The highest BCUT2D eigenvalue weighted by atomic mass is 16.6. The van der Waals surface area contributed by atoms with E-state index >= 15 is 0 Å². The Morgan fingerprint density at radius 3 is 2.90 bits per heavy atom. The van der Waals surface area contributed by atoms with Crippen LogP contribution in [-0.2, 0) is 0 Å². The molecule has 3 aromatic rings. The third-order valence-electron chi connectivity index (χ3n) is 2.57. The lowest BCUT2D eigenvalue weighted by Gasteiger charge is -2.04. The maximum absolute atomic E-state index is 11.9. The average Bonchev–Trinajstić information content (AvgIpc) is 3.09. The lowest BCUT2D eigenvalue weighted by Crippen LogP contribution is -2.14.